The highest BCUT2D eigenvalue weighted by Gasteiger charge is 2.27. The van der Waals surface area contributed by atoms with Crippen LogP contribution < -0.4 is 15.2 Å². The second-order valence-electron chi connectivity index (χ2n) is 8.64. The van der Waals surface area contributed by atoms with Crippen molar-refractivity contribution in [3.8, 4) is 5.75 Å². The van der Waals surface area contributed by atoms with E-state index in [9.17, 15) is 9.59 Å². The number of aryl methyl sites for hydroxylation is 1. The summed E-state index contributed by atoms with van der Waals surface area (Å²) in [6.07, 6.45) is 3.39. The number of para-hydroxylation sites is 2. The van der Waals surface area contributed by atoms with Crippen LogP contribution in [0.1, 0.15) is 40.5 Å². The van der Waals surface area contributed by atoms with Crippen LogP contribution in [-0.2, 0) is 4.74 Å². The molecule has 33 heavy (non-hydrogen) atoms. The number of aromatic amines is 1. The van der Waals surface area contributed by atoms with Gasteiger partial charge in [-0.3, -0.25) is 14.0 Å². The Bertz CT molecular complexity index is 1450. The Kier molecular flexibility index (Phi) is 4.69. The van der Waals surface area contributed by atoms with Crippen molar-refractivity contribution in [3.63, 3.8) is 0 Å². The molecule has 1 amide bonds. The predicted octanol–water partition coefficient (Wildman–Crippen LogP) is 3.42. The van der Waals surface area contributed by atoms with Gasteiger partial charge in [0.1, 0.15) is 23.7 Å². The number of carbonyl (C=O) groups is 1. The molecule has 2 aliphatic heterocycles. The zero-order valence-electron chi connectivity index (χ0n) is 18.3. The number of nitrogens with one attached hydrogen (secondary N) is 1. The van der Waals surface area contributed by atoms with Gasteiger partial charge in [-0.1, -0.05) is 12.1 Å². The summed E-state index contributed by atoms with van der Waals surface area (Å²) in [4.78, 5) is 35.8. The van der Waals surface area contributed by atoms with Crippen LogP contribution in [0.25, 0.3) is 16.6 Å². The van der Waals surface area contributed by atoms with Crippen LogP contribution in [-0.4, -0.2) is 46.6 Å². The normalized spacial score (nSPS) is 16.7. The first-order chi connectivity index (χ1) is 16.1. The molecule has 1 fully saturated rings. The summed E-state index contributed by atoms with van der Waals surface area (Å²) in [5.41, 5.74) is 3.93. The molecule has 0 spiro atoms. The van der Waals surface area contributed by atoms with Gasteiger partial charge in [0.15, 0.2) is 0 Å². The standard InChI is InChI=1S/C25H24N4O4/c1-15-12-20-18(13-17(15)25(31)28-8-11-33-22-5-3-2-4-19(22)28)27-24(30)21-14-26-23(29(20)21)16-6-9-32-10-7-16/h2-5,12-14,16H,6-11H2,1H3,(H,27,30). The molecular weight excluding hydrogens is 420 g/mol. The van der Waals surface area contributed by atoms with E-state index in [1.807, 2.05) is 41.7 Å². The summed E-state index contributed by atoms with van der Waals surface area (Å²) in [5.74, 6) is 1.70. The highest BCUT2D eigenvalue weighted by molar-refractivity contribution is 6.09. The quantitative estimate of drug-likeness (QED) is 0.512. The number of fused-ring (bicyclic) bond motifs is 4. The van der Waals surface area contributed by atoms with Crippen molar-refractivity contribution in [1.82, 2.24) is 14.4 Å². The maximum Gasteiger partial charge on any atom is 0.274 e. The molecule has 0 saturated carbocycles. The number of benzene rings is 2. The van der Waals surface area contributed by atoms with Gasteiger partial charge in [-0.25, -0.2) is 4.98 Å². The number of imidazole rings is 1. The summed E-state index contributed by atoms with van der Waals surface area (Å²) in [6.45, 7) is 4.23. The molecule has 1 N–H and O–H groups in total. The average molecular weight is 444 g/mol. The molecule has 0 radical (unpaired) electrons. The summed E-state index contributed by atoms with van der Waals surface area (Å²) in [7, 11) is 0. The molecule has 1 saturated heterocycles. The van der Waals surface area contributed by atoms with Crippen LogP contribution in [0, 0.1) is 6.92 Å². The molecule has 8 heteroatoms. The number of amides is 1. The van der Waals surface area contributed by atoms with Gasteiger partial charge in [0.05, 0.1) is 29.5 Å². The lowest BCUT2D eigenvalue weighted by atomic mass is 9.99. The number of rotatable bonds is 2. The second-order valence-corrected chi connectivity index (χ2v) is 8.64. The molecule has 0 bridgehead atoms. The fourth-order valence-electron chi connectivity index (χ4n) is 4.94. The average Bonchev–Trinajstić information content (AvgIpc) is 3.30. The molecule has 8 nitrogen and oxygen atoms in total. The zero-order chi connectivity index (χ0) is 22.5. The Hall–Kier alpha value is -3.65. The van der Waals surface area contributed by atoms with E-state index in [-0.39, 0.29) is 17.4 Å². The van der Waals surface area contributed by atoms with Crippen molar-refractivity contribution >= 4 is 28.1 Å². The number of carbonyl (C=O) groups excluding carboxylic acids is 1. The fourth-order valence-corrected chi connectivity index (χ4v) is 4.94. The first-order valence-electron chi connectivity index (χ1n) is 11.3. The van der Waals surface area contributed by atoms with Crippen molar-refractivity contribution in [1.29, 1.82) is 0 Å². The second kappa shape index (κ2) is 7.74. The third-order valence-corrected chi connectivity index (χ3v) is 6.64. The lowest BCUT2D eigenvalue weighted by Crippen LogP contribution is -2.38. The molecule has 6 rings (SSSR count). The number of anilines is 1. The molecule has 0 aliphatic carbocycles. The molecule has 0 unspecified atom stereocenters. The van der Waals surface area contributed by atoms with E-state index in [0.29, 0.717) is 48.7 Å². The smallest absolute Gasteiger partial charge is 0.274 e. The van der Waals surface area contributed by atoms with Crippen LogP contribution in [0.3, 0.4) is 0 Å². The Balaban J connectivity index is 1.49. The molecule has 2 aromatic heterocycles. The number of H-pyrrole nitrogens is 1. The van der Waals surface area contributed by atoms with Gasteiger partial charge in [0.25, 0.3) is 11.5 Å². The van der Waals surface area contributed by atoms with Gasteiger partial charge in [-0.15, -0.1) is 0 Å². The topological polar surface area (TPSA) is 88.9 Å². The molecule has 4 aromatic rings. The Labute approximate surface area is 189 Å². The number of aromatic nitrogens is 3. The summed E-state index contributed by atoms with van der Waals surface area (Å²) >= 11 is 0. The largest absolute Gasteiger partial charge is 0.490 e. The van der Waals surface area contributed by atoms with Gasteiger partial charge in [0, 0.05) is 24.7 Å². The van der Waals surface area contributed by atoms with Crippen LogP contribution >= 0.6 is 0 Å². The highest BCUT2D eigenvalue weighted by Crippen LogP contribution is 2.33. The van der Waals surface area contributed by atoms with Crippen LogP contribution in [0.2, 0.25) is 0 Å². The van der Waals surface area contributed by atoms with Crippen molar-refractivity contribution in [2.75, 3.05) is 31.3 Å². The molecule has 4 heterocycles. The monoisotopic (exact) mass is 444 g/mol. The van der Waals surface area contributed by atoms with E-state index < -0.39 is 0 Å². The first-order valence-corrected chi connectivity index (χ1v) is 11.3. The summed E-state index contributed by atoms with van der Waals surface area (Å²) in [6, 6.07) is 11.3. The molecule has 2 aliphatic rings. The Morgan fingerprint density at radius 1 is 1.12 bits per heavy atom. The number of ether oxygens (including phenoxy) is 2. The highest BCUT2D eigenvalue weighted by atomic mass is 16.5. The van der Waals surface area contributed by atoms with Gasteiger partial charge in [-0.05, 0) is 49.6 Å². The van der Waals surface area contributed by atoms with E-state index in [2.05, 4.69) is 9.97 Å². The first kappa shape index (κ1) is 20.0. The van der Waals surface area contributed by atoms with E-state index >= 15 is 0 Å². The fraction of sp³-hybridized carbons (Fsp3) is 0.320. The third kappa shape index (κ3) is 3.21. The maximum atomic E-state index is 13.6. The van der Waals surface area contributed by atoms with Crippen LogP contribution in [0.5, 0.6) is 5.75 Å². The van der Waals surface area contributed by atoms with Gasteiger partial charge >= 0.3 is 0 Å². The van der Waals surface area contributed by atoms with E-state index in [1.165, 1.54) is 0 Å². The summed E-state index contributed by atoms with van der Waals surface area (Å²) < 4.78 is 13.2. The minimum absolute atomic E-state index is 0.110. The Morgan fingerprint density at radius 2 is 1.94 bits per heavy atom. The number of hydrogen-bond acceptors (Lipinski definition) is 5. The van der Waals surface area contributed by atoms with Gasteiger partial charge < -0.3 is 19.4 Å². The van der Waals surface area contributed by atoms with Crippen molar-refractivity contribution in [2.45, 2.75) is 25.7 Å². The van der Waals surface area contributed by atoms with E-state index in [1.54, 1.807) is 17.2 Å². The molecule has 0 atom stereocenters. The van der Waals surface area contributed by atoms with Gasteiger partial charge in [0.2, 0.25) is 0 Å². The van der Waals surface area contributed by atoms with Crippen molar-refractivity contribution in [2.24, 2.45) is 0 Å². The minimum Gasteiger partial charge on any atom is -0.490 e. The maximum absolute atomic E-state index is 13.6. The lowest BCUT2D eigenvalue weighted by Gasteiger charge is -2.30. The summed E-state index contributed by atoms with van der Waals surface area (Å²) in [5, 5.41) is 0. The van der Waals surface area contributed by atoms with E-state index in [0.717, 1.165) is 35.4 Å². The SMILES string of the molecule is Cc1cc2c(cc1C(=O)N1CCOc3ccccc31)[nH]c(=O)c1cnc(C3CCOCC3)n12. The predicted molar refractivity (Wildman–Crippen MR) is 124 cm³/mol. The third-order valence-electron chi connectivity index (χ3n) is 6.64. The zero-order valence-corrected chi connectivity index (χ0v) is 18.3. The minimum atomic E-state index is -0.215. The number of hydrogen-bond donors (Lipinski definition) is 1. The van der Waals surface area contributed by atoms with Crippen molar-refractivity contribution in [3.05, 3.63) is 69.9 Å². The molecule has 168 valence electrons. The molecular formula is C25H24N4O4. The van der Waals surface area contributed by atoms with E-state index in [4.69, 9.17) is 9.47 Å². The Morgan fingerprint density at radius 3 is 2.79 bits per heavy atom. The molecule has 2 aromatic carbocycles. The van der Waals surface area contributed by atoms with Crippen LogP contribution in [0.15, 0.2) is 47.4 Å². The number of nitrogens with zero attached hydrogens (tertiary/aromatic N) is 3. The van der Waals surface area contributed by atoms with Gasteiger partial charge in [-0.2, -0.15) is 0 Å². The lowest BCUT2D eigenvalue weighted by molar-refractivity contribution is 0.0835. The van der Waals surface area contributed by atoms with Crippen molar-refractivity contribution < 1.29 is 14.3 Å². The van der Waals surface area contributed by atoms with Crippen LogP contribution in [0.4, 0.5) is 5.69 Å².